The number of carboxylic acid groups (broad SMARTS) is 1. The van der Waals surface area contributed by atoms with Gasteiger partial charge in [-0.25, -0.2) is 0 Å². The summed E-state index contributed by atoms with van der Waals surface area (Å²) in [5.41, 5.74) is 10.8. The maximum absolute atomic E-state index is 14.1. The first-order chi connectivity index (χ1) is 29.5. The number of hydrogen-bond donors (Lipinski definition) is 2. The maximum atomic E-state index is 14.1. The molecule has 10 nitrogen and oxygen atoms in total. The summed E-state index contributed by atoms with van der Waals surface area (Å²) in [7, 11) is 0. The lowest BCUT2D eigenvalue weighted by molar-refractivity contribution is -0.126. The van der Waals surface area contributed by atoms with Gasteiger partial charge in [0.15, 0.2) is 17.6 Å². The second-order valence-electron chi connectivity index (χ2n) is 15.0. The first kappa shape index (κ1) is 42.8. The van der Waals surface area contributed by atoms with Crippen molar-refractivity contribution in [3.63, 3.8) is 0 Å². The lowest BCUT2D eigenvalue weighted by Gasteiger charge is -2.37. The van der Waals surface area contributed by atoms with Crippen LogP contribution in [0.25, 0.3) is 11.1 Å². The first-order valence-electron chi connectivity index (χ1n) is 19.9. The predicted molar refractivity (Wildman–Crippen MR) is 236 cm³/mol. The number of fused-ring (bicyclic) bond motifs is 2. The standard InChI is InChI=1S/C48H43Cl2N3O5.CH2O2/c1-29-5-4-6-36(21-29)48(55)53-26-38-25-45-44(57-28-46(58-45)35-12-14-39(15-13-35)56-27-33-9-16-41(49)42(50)22-33)24-37(38)23-43(53)47(54)52-19-17-32-7-10-34(11-8-32)40-18-20-51-31(3)30(40)2;2-1-3/h4-16,18,20-22,24-25,43,46H,17,19,23,26-28H2,1-3H3,(H,52,54);1H,(H,2,3). The third-order valence-corrected chi connectivity index (χ3v) is 11.7. The zero-order valence-corrected chi connectivity index (χ0v) is 35.5. The molecule has 2 aliphatic heterocycles. The Balaban J connectivity index is 0.00000182. The van der Waals surface area contributed by atoms with E-state index in [1.165, 1.54) is 0 Å². The molecular formula is C49H45Cl2N3O7. The van der Waals surface area contributed by atoms with Crippen molar-refractivity contribution in [3.05, 3.63) is 176 Å². The van der Waals surface area contributed by atoms with Gasteiger partial charge in [-0.3, -0.25) is 19.4 Å². The molecule has 3 heterocycles. The highest BCUT2D eigenvalue weighted by atomic mass is 35.5. The van der Waals surface area contributed by atoms with Crippen LogP contribution in [0.5, 0.6) is 17.2 Å². The molecule has 2 N–H and O–H groups in total. The molecule has 12 heteroatoms. The molecule has 6 aromatic rings. The molecule has 0 saturated carbocycles. The summed E-state index contributed by atoms with van der Waals surface area (Å²) >= 11 is 12.2. The molecule has 0 spiro atoms. The minimum absolute atomic E-state index is 0.189. The Hall–Kier alpha value is -6.36. The van der Waals surface area contributed by atoms with Crippen molar-refractivity contribution in [2.45, 2.75) is 58.9 Å². The van der Waals surface area contributed by atoms with Gasteiger partial charge in [-0.1, -0.05) is 83.4 Å². The van der Waals surface area contributed by atoms with Crippen LogP contribution in [0.1, 0.15) is 61.1 Å². The van der Waals surface area contributed by atoms with E-state index in [1.54, 1.807) is 23.1 Å². The van der Waals surface area contributed by atoms with E-state index in [2.05, 4.69) is 41.5 Å². The largest absolute Gasteiger partial charge is 0.489 e. The lowest BCUT2D eigenvalue weighted by atomic mass is 9.91. The van der Waals surface area contributed by atoms with Crippen LogP contribution >= 0.6 is 23.2 Å². The van der Waals surface area contributed by atoms with Gasteiger partial charge in [-0.15, -0.1) is 0 Å². The Bertz CT molecular complexity index is 2550. The van der Waals surface area contributed by atoms with Crippen LogP contribution in [-0.4, -0.2) is 52.5 Å². The summed E-state index contributed by atoms with van der Waals surface area (Å²) in [5, 5.41) is 11.0. The minimum Gasteiger partial charge on any atom is -0.489 e. The Morgan fingerprint density at radius 3 is 2.36 bits per heavy atom. The van der Waals surface area contributed by atoms with Crippen molar-refractivity contribution in [2.24, 2.45) is 0 Å². The number of carbonyl (C=O) groups is 3. The molecule has 0 saturated heterocycles. The molecule has 0 bridgehead atoms. The minimum atomic E-state index is -0.700. The summed E-state index contributed by atoms with van der Waals surface area (Å²) in [6.45, 7) is 7.17. The highest BCUT2D eigenvalue weighted by Gasteiger charge is 2.37. The zero-order valence-electron chi connectivity index (χ0n) is 34.0. The SMILES string of the molecule is Cc1cccc(C(=O)N2Cc3cc4c(cc3CC2C(=O)NCCc2ccc(-c3ccnc(C)c3C)cc2)OCC(c2ccc(OCc3ccc(Cl)c(Cl)c3)cc2)O4)c1.O=CO. The Morgan fingerprint density at radius 1 is 0.885 bits per heavy atom. The zero-order chi connectivity index (χ0) is 43.0. The van der Waals surface area contributed by atoms with Crippen LogP contribution in [0.4, 0.5) is 0 Å². The number of halogens is 2. The summed E-state index contributed by atoms with van der Waals surface area (Å²) in [6, 6.07) is 34.3. The van der Waals surface area contributed by atoms with Crippen molar-refractivity contribution in [3.8, 4) is 28.4 Å². The van der Waals surface area contributed by atoms with Gasteiger partial charge in [-0.05, 0) is 126 Å². The van der Waals surface area contributed by atoms with E-state index in [0.717, 1.165) is 55.8 Å². The number of amides is 2. The fourth-order valence-corrected chi connectivity index (χ4v) is 7.85. The molecule has 2 unspecified atom stereocenters. The molecule has 0 aliphatic carbocycles. The average molecular weight is 859 g/mol. The third kappa shape index (κ3) is 10.2. The van der Waals surface area contributed by atoms with Gasteiger partial charge in [0, 0.05) is 37.0 Å². The number of nitrogens with zero attached hydrogens (tertiary/aromatic N) is 2. The van der Waals surface area contributed by atoms with E-state index in [9.17, 15) is 9.59 Å². The van der Waals surface area contributed by atoms with Gasteiger partial charge in [-0.2, -0.15) is 0 Å². The molecule has 2 atom stereocenters. The molecule has 61 heavy (non-hydrogen) atoms. The summed E-state index contributed by atoms with van der Waals surface area (Å²) in [4.78, 5) is 42.6. The monoisotopic (exact) mass is 857 g/mol. The molecule has 312 valence electrons. The van der Waals surface area contributed by atoms with Crippen molar-refractivity contribution >= 4 is 41.5 Å². The summed E-state index contributed by atoms with van der Waals surface area (Å²) in [5.74, 6) is 1.54. The van der Waals surface area contributed by atoms with Crippen LogP contribution in [0, 0.1) is 20.8 Å². The van der Waals surface area contributed by atoms with Crippen LogP contribution in [0.3, 0.4) is 0 Å². The molecule has 8 rings (SSSR count). The van der Waals surface area contributed by atoms with Gasteiger partial charge in [0.25, 0.3) is 12.4 Å². The van der Waals surface area contributed by atoms with Gasteiger partial charge < -0.3 is 29.5 Å². The number of hydrogen-bond acceptors (Lipinski definition) is 7. The average Bonchev–Trinajstić information content (AvgIpc) is 3.27. The number of rotatable bonds is 10. The topological polar surface area (TPSA) is 127 Å². The second-order valence-corrected chi connectivity index (χ2v) is 15.8. The van der Waals surface area contributed by atoms with E-state index >= 15 is 0 Å². The summed E-state index contributed by atoms with van der Waals surface area (Å²) < 4.78 is 18.7. The number of nitrogens with one attached hydrogen (secondary N) is 1. The highest BCUT2D eigenvalue weighted by molar-refractivity contribution is 6.42. The fourth-order valence-electron chi connectivity index (χ4n) is 7.53. The predicted octanol–water partition coefficient (Wildman–Crippen LogP) is 9.70. The maximum Gasteiger partial charge on any atom is 0.290 e. The number of pyridine rings is 1. The van der Waals surface area contributed by atoms with Crippen molar-refractivity contribution in [1.29, 1.82) is 0 Å². The first-order valence-corrected chi connectivity index (χ1v) is 20.6. The van der Waals surface area contributed by atoms with Crippen LogP contribution in [0.2, 0.25) is 10.0 Å². The van der Waals surface area contributed by atoms with Gasteiger partial charge in [0.1, 0.15) is 25.0 Å². The fraction of sp³-hybridized carbons (Fsp3) is 0.224. The Labute approximate surface area is 365 Å². The van der Waals surface area contributed by atoms with Crippen molar-refractivity contribution in [2.75, 3.05) is 13.2 Å². The number of benzene rings is 5. The number of aromatic nitrogens is 1. The Morgan fingerprint density at radius 2 is 1.62 bits per heavy atom. The van der Waals surface area contributed by atoms with E-state index in [1.807, 2.05) is 86.8 Å². The van der Waals surface area contributed by atoms with Crippen molar-refractivity contribution < 1.29 is 33.7 Å². The molecule has 2 amide bonds. The van der Waals surface area contributed by atoms with Gasteiger partial charge >= 0.3 is 0 Å². The van der Waals surface area contributed by atoms with E-state index in [0.29, 0.717) is 65.5 Å². The van der Waals surface area contributed by atoms with Crippen LogP contribution < -0.4 is 19.5 Å². The Kier molecular flexibility index (Phi) is 13.6. The second kappa shape index (κ2) is 19.4. The number of carbonyl (C=O) groups excluding carboxylic acids is 2. The third-order valence-electron chi connectivity index (χ3n) is 11.0. The number of ether oxygens (including phenoxy) is 3. The quantitative estimate of drug-likeness (QED) is 0.131. The van der Waals surface area contributed by atoms with E-state index in [-0.39, 0.29) is 30.9 Å². The molecule has 5 aromatic carbocycles. The lowest BCUT2D eigenvalue weighted by Crippen LogP contribution is -2.52. The van der Waals surface area contributed by atoms with E-state index in [4.69, 9.17) is 47.3 Å². The molecule has 0 fully saturated rings. The van der Waals surface area contributed by atoms with Gasteiger partial charge in [0.2, 0.25) is 5.91 Å². The molecule has 2 aliphatic rings. The van der Waals surface area contributed by atoms with E-state index < -0.39 is 6.04 Å². The molecule has 0 radical (unpaired) electrons. The smallest absolute Gasteiger partial charge is 0.290 e. The summed E-state index contributed by atoms with van der Waals surface area (Å²) in [6.07, 6.45) is 2.50. The van der Waals surface area contributed by atoms with Gasteiger partial charge in [0.05, 0.1) is 10.0 Å². The normalized spacial score (nSPS) is 15.1. The molecular weight excluding hydrogens is 813 g/mol. The van der Waals surface area contributed by atoms with Crippen LogP contribution in [-0.2, 0) is 35.6 Å². The highest BCUT2D eigenvalue weighted by Crippen LogP contribution is 2.41. The molecule has 1 aromatic heterocycles. The number of aryl methyl sites for hydroxylation is 2. The van der Waals surface area contributed by atoms with Crippen LogP contribution in [0.15, 0.2) is 115 Å². The van der Waals surface area contributed by atoms with Crippen molar-refractivity contribution in [1.82, 2.24) is 15.2 Å².